The van der Waals surface area contributed by atoms with E-state index in [1.807, 2.05) is 0 Å². The molecule has 3 unspecified atom stereocenters. The largest absolute Gasteiger partial charge is 0.379 e. The van der Waals surface area contributed by atoms with Crippen LogP contribution in [-0.2, 0) is 4.74 Å². The molecule has 0 saturated heterocycles. The molecule has 14 heavy (non-hydrogen) atoms. The molecule has 0 N–H and O–H groups in total. The summed E-state index contributed by atoms with van der Waals surface area (Å²) in [4.78, 5) is 0. The van der Waals surface area contributed by atoms with Crippen molar-refractivity contribution >= 4 is 11.6 Å². The van der Waals surface area contributed by atoms with Gasteiger partial charge in [-0.15, -0.1) is 11.6 Å². The first-order chi connectivity index (χ1) is 6.44. The van der Waals surface area contributed by atoms with Gasteiger partial charge >= 0.3 is 0 Å². The van der Waals surface area contributed by atoms with Crippen molar-refractivity contribution in [3.05, 3.63) is 0 Å². The van der Waals surface area contributed by atoms with Gasteiger partial charge in [0.05, 0.1) is 5.60 Å². The van der Waals surface area contributed by atoms with Gasteiger partial charge in [-0.1, -0.05) is 6.92 Å². The van der Waals surface area contributed by atoms with Gasteiger partial charge < -0.3 is 4.74 Å². The zero-order valence-corrected chi connectivity index (χ0v) is 10.6. The normalized spacial score (nSPS) is 34.5. The highest BCUT2D eigenvalue weighted by molar-refractivity contribution is 6.20. The number of rotatable bonds is 3. The van der Waals surface area contributed by atoms with Crippen LogP contribution < -0.4 is 0 Å². The van der Waals surface area contributed by atoms with Crippen LogP contribution in [0, 0.1) is 11.8 Å². The highest BCUT2D eigenvalue weighted by Gasteiger charge is 2.32. The maximum absolute atomic E-state index is 6.36. The molecule has 0 spiro atoms. The summed E-state index contributed by atoms with van der Waals surface area (Å²) in [5.74, 6) is 1.47. The van der Waals surface area contributed by atoms with E-state index in [4.69, 9.17) is 16.3 Å². The van der Waals surface area contributed by atoms with E-state index in [1.54, 1.807) is 7.11 Å². The van der Waals surface area contributed by atoms with Crippen molar-refractivity contribution in [2.45, 2.75) is 57.4 Å². The van der Waals surface area contributed by atoms with Crippen molar-refractivity contribution in [3.63, 3.8) is 0 Å². The predicted octanol–water partition coefficient (Wildman–Crippen LogP) is 3.85. The van der Waals surface area contributed by atoms with Crippen LogP contribution in [0.15, 0.2) is 0 Å². The Bertz CT molecular complexity index is 179. The molecule has 1 fully saturated rings. The second kappa shape index (κ2) is 4.85. The molecule has 2 heteroatoms. The lowest BCUT2D eigenvalue weighted by molar-refractivity contribution is -0.00413. The van der Waals surface area contributed by atoms with Crippen molar-refractivity contribution < 1.29 is 4.74 Å². The van der Waals surface area contributed by atoms with Crippen LogP contribution in [0.2, 0.25) is 0 Å². The number of halogens is 1. The summed E-state index contributed by atoms with van der Waals surface area (Å²) >= 11 is 6.36. The smallest absolute Gasteiger partial charge is 0.0625 e. The fourth-order valence-corrected chi connectivity index (χ4v) is 2.71. The number of alkyl halides is 1. The van der Waals surface area contributed by atoms with Crippen LogP contribution >= 0.6 is 11.6 Å². The molecular formula is C12H23ClO. The molecule has 0 aliphatic heterocycles. The number of methoxy groups -OCH3 is 1. The predicted molar refractivity (Wildman–Crippen MR) is 61.9 cm³/mol. The van der Waals surface area contributed by atoms with Crippen LogP contribution in [0.3, 0.4) is 0 Å². The molecule has 0 aromatic carbocycles. The topological polar surface area (TPSA) is 9.23 Å². The Balaban J connectivity index is 2.49. The Hall–Kier alpha value is 0.250. The van der Waals surface area contributed by atoms with Crippen molar-refractivity contribution in [1.82, 2.24) is 0 Å². The van der Waals surface area contributed by atoms with Gasteiger partial charge in [0.15, 0.2) is 0 Å². The van der Waals surface area contributed by atoms with E-state index in [9.17, 15) is 0 Å². The number of hydrogen-bond donors (Lipinski definition) is 0. The molecular weight excluding hydrogens is 196 g/mol. The van der Waals surface area contributed by atoms with E-state index in [0.717, 1.165) is 12.3 Å². The van der Waals surface area contributed by atoms with E-state index >= 15 is 0 Å². The quantitative estimate of drug-likeness (QED) is 0.654. The van der Waals surface area contributed by atoms with E-state index in [2.05, 4.69) is 20.8 Å². The first kappa shape index (κ1) is 12.3. The van der Waals surface area contributed by atoms with Crippen LogP contribution in [0.4, 0.5) is 0 Å². The van der Waals surface area contributed by atoms with Gasteiger partial charge in [-0.3, -0.25) is 0 Å². The summed E-state index contributed by atoms with van der Waals surface area (Å²) in [7, 11) is 1.79. The minimum atomic E-state index is -0.0190. The van der Waals surface area contributed by atoms with E-state index in [-0.39, 0.29) is 5.60 Å². The Morgan fingerprint density at radius 2 is 2.00 bits per heavy atom. The molecule has 1 nitrogen and oxygen atoms in total. The summed E-state index contributed by atoms with van der Waals surface area (Å²) in [5.41, 5.74) is -0.0190. The SMILES string of the molecule is COC(C)(C)CC1CC(C)CCC1Cl. The zero-order valence-electron chi connectivity index (χ0n) is 9.85. The molecule has 0 aromatic rings. The average molecular weight is 219 g/mol. The highest BCUT2D eigenvalue weighted by Crippen LogP contribution is 2.37. The maximum Gasteiger partial charge on any atom is 0.0625 e. The summed E-state index contributed by atoms with van der Waals surface area (Å²) in [5, 5.41) is 0.362. The fraction of sp³-hybridized carbons (Fsp3) is 1.00. The fourth-order valence-electron chi connectivity index (χ4n) is 2.39. The van der Waals surface area contributed by atoms with Crippen LogP contribution in [-0.4, -0.2) is 18.1 Å². The highest BCUT2D eigenvalue weighted by atomic mass is 35.5. The minimum Gasteiger partial charge on any atom is -0.379 e. The lowest BCUT2D eigenvalue weighted by Gasteiger charge is -2.36. The molecule has 1 aliphatic rings. The summed E-state index contributed by atoms with van der Waals surface area (Å²) in [6.45, 7) is 6.63. The second-order valence-corrected chi connectivity index (χ2v) is 5.92. The summed E-state index contributed by atoms with van der Waals surface area (Å²) in [6, 6.07) is 0. The first-order valence-corrected chi connectivity index (χ1v) is 6.07. The first-order valence-electron chi connectivity index (χ1n) is 5.64. The van der Waals surface area contributed by atoms with Gasteiger partial charge in [0.2, 0.25) is 0 Å². The molecule has 0 radical (unpaired) electrons. The summed E-state index contributed by atoms with van der Waals surface area (Å²) in [6.07, 6.45) is 4.81. The summed E-state index contributed by atoms with van der Waals surface area (Å²) < 4.78 is 5.47. The molecule has 0 heterocycles. The van der Waals surface area contributed by atoms with Crippen molar-refractivity contribution in [2.24, 2.45) is 11.8 Å². The van der Waals surface area contributed by atoms with Gasteiger partial charge in [-0.25, -0.2) is 0 Å². The third-order valence-electron chi connectivity index (χ3n) is 3.46. The standard InChI is InChI=1S/C12H23ClO/c1-9-5-6-11(13)10(7-9)8-12(2,3)14-4/h9-11H,5-8H2,1-4H3. The van der Waals surface area contributed by atoms with Crippen LogP contribution in [0.1, 0.15) is 46.5 Å². The van der Waals surface area contributed by atoms with Crippen molar-refractivity contribution in [1.29, 1.82) is 0 Å². The van der Waals surface area contributed by atoms with Crippen molar-refractivity contribution in [3.8, 4) is 0 Å². The molecule has 84 valence electrons. The van der Waals surface area contributed by atoms with Gasteiger partial charge in [-0.05, 0) is 51.4 Å². The Kier molecular flexibility index (Phi) is 4.27. The Labute approximate surface area is 93.2 Å². The molecule has 1 aliphatic carbocycles. The van der Waals surface area contributed by atoms with E-state index in [1.165, 1.54) is 19.3 Å². The lowest BCUT2D eigenvalue weighted by atomic mass is 9.77. The molecule has 1 saturated carbocycles. The molecule has 3 atom stereocenters. The minimum absolute atomic E-state index is 0.0190. The van der Waals surface area contributed by atoms with E-state index < -0.39 is 0 Å². The van der Waals surface area contributed by atoms with Crippen molar-refractivity contribution in [2.75, 3.05) is 7.11 Å². The Morgan fingerprint density at radius 1 is 1.36 bits per heavy atom. The third kappa shape index (κ3) is 3.43. The molecule has 0 bridgehead atoms. The zero-order chi connectivity index (χ0) is 10.8. The lowest BCUT2D eigenvalue weighted by Crippen LogP contribution is -2.33. The maximum atomic E-state index is 6.36. The van der Waals surface area contributed by atoms with E-state index in [0.29, 0.717) is 11.3 Å². The van der Waals surface area contributed by atoms with Crippen LogP contribution in [0.5, 0.6) is 0 Å². The number of ether oxygens (including phenoxy) is 1. The van der Waals surface area contributed by atoms with Gasteiger partial charge in [0.1, 0.15) is 0 Å². The molecule has 1 rings (SSSR count). The van der Waals surface area contributed by atoms with Gasteiger partial charge in [0.25, 0.3) is 0 Å². The molecule has 0 amide bonds. The van der Waals surface area contributed by atoms with Gasteiger partial charge in [0, 0.05) is 12.5 Å². The number of hydrogen-bond acceptors (Lipinski definition) is 1. The Morgan fingerprint density at radius 3 is 2.57 bits per heavy atom. The third-order valence-corrected chi connectivity index (χ3v) is 4.03. The van der Waals surface area contributed by atoms with Gasteiger partial charge in [-0.2, -0.15) is 0 Å². The molecule has 0 aromatic heterocycles. The second-order valence-electron chi connectivity index (χ2n) is 5.36. The monoisotopic (exact) mass is 218 g/mol. The average Bonchev–Trinajstić information content (AvgIpc) is 2.11. The van der Waals surface area contributed by atoms with Crippen LogP contribution in [0.25, 0.3) is 0 Å².